The molecule has 1 N–H and O–H groups in total. The molecular formula is C9H11NO3S. The largest absolute Gasteiger partial charge is 0.477 e. The molecule has 0 aromatic carbocycles. The Balaban J connectivity index is 2.29. The Bertz CT molecular complexity index is 357. The van der Waals surface area contributed by atoms with E-state index in [0.717, 1.165) is 17.8 Å². The van der Waals surface area contributed by atoms with Crippen molar-refractivity contribution in [2.24, 2.45) is 0 Å². The highest BCUT2D eigenvalue weighted by Gasteiger charge is 2.29. The summed E-state index contributed by atoms with van der Waals surface area (Å²) in [6, 6.07) is 0. The molecular weight excluding hydrogens is 202 g/mol. The van der Waals surface area contributed by atoms with Crippen molar-refractivity contribution in [3.05, 3.63) is 15.6 Å². The van der Waals surface area contributed by atoms with E-state index < -0.39 is 5.97 Å². The molecule has 0 atom stereocenters. The van der Waals surface area contributed by atoms with Crippen LogP contribution in [0.2, 0.25) is 0 Å². The van der Waals surface area contributed by atoms with E-state index in [4.69, 9.17) is 9.84 Å². The summed E-state index contributed by atoms with van der Waals surface area (Å²) < 4.78 is 4.91. The molecule has 1 aromatic heterocycles. The van der Waals surface area contributed by atoms with Gasteiger partial charge in [-0.1, -0.05) is 0 Å². The van der Waals surface area contributed by atoms with Crippen LogP contribution in [-0.2, 0) is 11.3 Å². The first-order valence-corrected chi connectivity index (χ1v) is 5.26. The summed E-state index contributed by atoms with van der Waals surface area (Å²) in [6.45, 7) is 0.283. The number of carboxylic acid groups (broad SMARTS) is 1. The Hall–Kier alpha value is -0.940. The molecule has 0 unspecified atom stereocenters. The van der Waals surface area contributed by atoms with Crippen molar-refractivity contribution >= 4 is 17.3 Å². The van der Waals surface area contributed by atoms with Crippen LogP contribution >= 0.6 is 11.3 Å². The van der Waals surface area contributed by atoms with Gasteiger partial charge in [-0.2, -0.15) is 0 Å². The number of hydrogen-bond donors (Lipinski definition) is 1. The average molecular weight is 213 g/mol. The lowest BCUT2D eigenvalue weighted by Gasteiger charge is -1.94. The second-order valence-electron chi connectivity index (χ2n) is 3.34. The number of methoxy groups -OCH3 is 1. The topological polar surface area (TPSA) is 59.4 Å². The molecule has 1 aliphatic carbocycles. The van der Waals surface area contributed by atoms with E-state index in [1.54, 1.807) is 7.11 Å². The highest BCUT2D eigenvalue weighted by Crippen LogP contribution is 2.42. The van der Waals surface area contributed by atoms with Gasteiger partial charge in [0.2, 0.25) is 0 Å². The van der Waals surface area contributed by atoms with E-state index in [-0.39, 0.29) is 6.61 Å². The van der Waals surface area contributed by atoms with Crippen molar-refractivity contribution in [1.29, 1.82) is 0 Å². The minimum absolute atomic E-state index is 0.283. The minimum Gasteiger partial charge on any atom is -0.477 e. The average Bonchev–Trinajstić information content (AvgIpc) is 2.89. The molecule has 2 rings (SSSR count). The van der Waals surface area contributed by atoms with Gasteiger partial charge in [-0.15, -0.1) is 11.3 Å². The number of ether oxygens (including phenoxy) is 1. The summed E-state index contributed by atoms with van der Waals surface area (Å²) in [6.07, 6.45) is 2.28. The van der Waals surface area contributed by atoms with Crippen LogP contribution in [0, 0.1) is 0 Å². The third kappa shape index (κ3) is 1.78. The molecule has 1 aliphatic rings. The molecule has 1 heterocycles. The summed E-state index contributed by atoms with van der Waals surface area (Å²) >= 11 is 1.29. The van der Waals surface area contributed by atoms with E-state index >= 15 is 0 Å². The number of thiazole rings is 1. The summed E-state index contributed by atoms with van der Waals surface area (Å²) in [5.74, 6) is -0.398. The van der Waals surface area contributed by atoms with Gasteiger partial charge in [0.15, 0.2) is 0 Å². The first-order chi connectivity index (χ1) is 6.72. The van der Waals surface area contributed by atoms with Gasteiger partial charge in [0, 0.05) is 13.0 Å². The SMILES string of the molecule is COCc1nc(C2CC2)sc1C(=O)O. The molecule has 1 saturated carbocycles. The number of rotatable bonds is 4. The fraction of sp³-hybridized carbons (Fsp3) is 0.556. The zero-order valence-corrected chi connectivity index (χ0v) is 8.63. The lowest BCUT2D eigenvalue weighted by molar-refractivity contribution is 0.0697. The number of nitrogens with zero attached hydrogens (tertiary/aromatic N) is 1. The maximum absolute atomic E-state index is 10.9. The van der Waals surface area contributed by atoms with Gasteiger partial charge in [0.25, 0.3) is 0 Å². The predicted octanol–water partition coefficient (Wildman–Crippen LogP) is 1.87. The van der Waals surface area contributed by atoms with Gasteiger partial charge >= 0.3 is 5.97 Å². The number of aromatic nitrogens is 1. The van der Waals surface area contributed by atoms with Crippen LogP contribution in [0.1, 0.15) is 39.1 Å². The van der Waals surface area contributed by atoms with E-state index in [9.17, 15) is 4.79 Å². The number of carboxylic acids is 1. The maximum atomic E-state index is 10.9. The quantitative estimate of drug-likeness (QED) is 0.829. The normalized spacial score (nSPS) is 15.8. The smallest absolute Gasteiger partial charge is 0.347 e. The van der Waals surface area contributed by atoms with Crippen molar-refractivity contribution in [2.75, 3.05) is 7.11 Å². The summed E-state index contributed by atoms with van der Waals surface area (Å²) in [5.41, 5.74) is 0.562. The second kappa shape index (κ2) is 3.67. The van der Waals surface area contributed by atoms with Crippen molar-refractivity contribution < 1.29 is 14.6 Å². The summed E-state index contributed by atoms with van der Waals surface area (Å²) in [4.78, 5) is 15.5. The molecule has 0 saturated heterocycles. The first-order valence-electron chi connectivity index (χ1n) is 4.44. The third-order valence-corrected chi connectivity index (χ3v) is 3.36. The van der Waals surface area contributed by atoms with Crippen LogP contribution in [0.15, 0.2) is 0 Å². The number of aromatic carboxylic acids is 1. The Labute approximate surface area is 85.5 Å². The maximum Gasteiger partial charge on any atom is 0.347 e. The van der Waals surface area contributed by atoms with Gasteiger partial charge in [-0.25, -0.2) is 9.78 Å². The molecule has 1 aromatic rings. The zero-order valence-electron chi connectivity index (χ0n) is 7.82. The van der Waals surface area contributed by atoms with Gasteiger partial charge in [-0.3, -0.25) is 0 Å². The van der Waals surface area contributed by atoms with Crippen LogP contribution in [0.4, 0.5) is 0 Å². The van der Waals surface area contributed by atoms with Gasteiger partial charge in [-0.05, 0) is 12.8 Å². The van der Waals surface area contributed by atoms with Crippen LogP contribution in [-0.4, -0.2) is 23.2 Å². The summed E-state index contributed by atoms with van der Waals surface area (Å²) in [7, 11) is 1.54. The second-order valence-corrected chi connectivity index (χ2v) is 4.37. The molecule has 1 fully saturated rings. The fourth-order valence-corrected chi connectivity index (χ4v) is 2.35. The Morgan fingerprint density at radius 3 is 2.93 bits per heavy atom. The Morgan fingerprint density at radius 1 is 1.71 bits per heavy atom. The molecule has 14 heavy (non-hydrogen) atoms. The number of carbonyl (C=O) groups is 1. The van der Waals surface area contributed by atoms with Crippen molar-refractivity contribution in [2.45, 2.75) is 25.4 Å². The Kier molecular flexibility index (Phi) is 2.52. The standard InChI is InChI=1S/C9H11NO3S/c1-13-4-6-7(9(11)12)14-8(10-6)5-2-3-5/h5H,2-4H2,1H3,(H,11,12). The molecule has 4 nitrogen and oxygen atoms in total. The monoisotopic (exact) mass is 213 g/mol. The lowest BCUT2D eigenvalue weighted by Crippen LogP contribution is -1.99. The highest BCUT2D eigenvalue weighted by atomic mass is 32.1. The van der Waals surface area contributed by atoms with E-state index in [1.165, 1.54) is 11.3 Å². The minimum atomic E-state index is -0.901. The molecule has 0 amide bonds. The van der Waals surface area contributed by atoms with Crippen LogP contribution < -0.4 is 0 Å². The van der Waals surface area contributed by atoms with Crippen molar-refractivity contribution in [3.63, 3.8) is 0 Å². The van der Waals surface area contributed by atoms with Gasteiger partial charge in [0.1, 0.15) is 4.88 Å². The van der Waals surface area contributed by atoms with Gasteiger partial charge in [0.05, 0.1) is 17.3 Å². The molecule has 76 valence electrons. The van der Waals surface area contributed by atoms with Crippen LogP contribution in [0.5, 0.6) is 0 Å². The first kappa shape index (κ1) is 9.61. The fourth-order valence-electron chi connectivity index (χ4n) is 1.28. The molecule has 0 bridgehead atoms. The van der Waals surface area contributed by atoms with Crippen LogP contribution in [0.25, 0.3) is 0 Å². The van der Waals surface area contributed by atoms with E-state index in [2.05, 4.69) is 4.98 Å². The van der Waals surface area contributed by atoms with E-state index in [0.29, 0.717) is 16.5 Å². The molecule has 0 radical (unpaired) electrons. The van der Waals surface area contributed by atoms with Gasteiger partial charge < -0.3 is 9.84 Å². The predicted molar refractivity (Wildman–Crippen MR) is 51.8 cm³/mol. The molecule has 5 heteroatoms. The lowest BCUT2D eigenvalue weighted by atomic mass is 10.3. The molecule has 0 spiro atoms. The molecule has 0 aliphatic heterocycles. The zero-order chi connectivity index (χ0) is 10.1. The van der Waals surface area contributed by atoms with Crippen LogP contribution in [0.3, 0.4) is 0 Å². The van der Waals surface area contributed by atoms with E-state index in [1.807, 2.05) is 0 Å². The number of hydrogen-bond acceptors (Lipinski definition) is 4. The Morgan fingerprint density at radius 2 is 2.43 bits per heavy atom. The third-order valence-electron chi connectivity index (χ3n) is 2.12. The van der Waals surface area contributed by atoms with Crippen molar-refractivity contribution in [1.82, 2.24) is 4.98 Å². The highest BCUT2D eigenvalue weighted by molar-refractivity contribution is 7.13. The summed E-state index contributed by atoms with van der Waals surface area (Å²) in [5, 5.41) is 9.88. The van der Waals surface area contributed by atoms with Crippen molar-refractivity contribution in [3.8, 4) is 0 Å².